The number of fused-ring (bicyclic) bond motifs is 1. The van der Waals surface area contributed by atoms with Gasteiger partial charge in [-0.25, -0.2) is 4.98 Å². The Morgan fingerprint density at radius 1 is 1.12 bits per heavy atom. The van der Waals surface area contributed by atoms with E-state index in [4.69, 9.17) is 0 Å². The lowest BCUT2D eigenvalue weighted by Crippen LogP contribution is -2.36. The van der Waals surface area contributed by atoms with Gasteiger partial charge in [0.15, 0.2) is 5.96 Å². The molecular formula is C18H21N5S. The number of pyridine rings is 1. The lowest BCUT2D eigenvalue weighted by molar-refractivity contribution is 0.807. The van der Waals surface area contributed by atoms with Crippen molar-refractivity contribution in [1.82, 2.24) is 20.6 Å². The van der Waals surface area contributed by atoms with Crippen LogP contribution in [0.15, 0.2) is 47.7 Å². The Balaban J connectivity index is 1.61. The van der Waals surface area contributed by atoms with Crippen molar-refractivity contribution in [2.24, 2.45) is 4.99 Å². The van der Waals surface area contributed by atoms with Crippen molar-refractivity contribution in [1.29, 1.82) is 0 Å². The first-order chi connectivity index (χ1) is 11.8. The van der Waals surface area contributed by atoms with E-state index in [0.717, 1.165) is 28.3 Å². The fourth-order valence-electron chi connectivity index (χ4n) is 2.46. The Morgan fingerprint density at radius 3 is 2.75 bits per heavy atom. The Labute approximate surface area is 145 Å². The first-order valence-electron chi connectivity index (χ1n) is 8.01. The molecule has 0 unspecified atom stereocenters. The van der Waals surface area contributed by atoms with E-state index >= 15 is 0 Å². The molecule has 1 aromatic carbocycles. The lowest BCUT2D eigenvalue weighted by atomic mass is 10.1. The van der Waals surface area contributed by atoms with Crippen LogP contribution in [0.3, 0.4) is 0 Å². The highest BCUT2D eigenvalue weighted by molar-refractivity contribution is 7.11. The normalized spacial score (nSPS) is 11.7. The molecule has 0 spiro atoms. The highest BCUT2D eigenvalue weighted by atomic mass is 32.1. The molecule has 24 heavy (non-hydrogen) atoms. The summed E-state index contributed by atoms with van der Waals surface area (Å²) in [5, 5.41) is 8.91. The Hall–Kier alpha value is -2.47. The molecule has 0 saturated heterocycles. The minimum atomic E-state index is 0.682. The number of rotatable bonds is 5. The van der Waals surface area contributed by atoms with Crippen LogP contribution in [0, 0.1) is 0 Å². The van der Waals surface area contributed by atoms with Gasteiger partial charge in [0.2, 0.25) is 0 Å². The first kappa shape index (κ1) is 16.4. The summed E-state index contributed by atoms with van der Waals surface area (Å²) < 4.78 is 0. The number of nitrogens with one attached hydrogen (secondary N) is 2. The Kier molecular flexibility index (Phi) is 5.38. The maximum absolute atomic E-state index is 4.42. The molecule has 124 valence electrons. The SMILES string of the molecule is CCc1cnc(CNC(=NC)NCc2ccnc3ccccc23)s1. The molecule has 6 heteroatoms. The van der Waals surface area contributed by atoms with Gasteiger partial charge in [0, 0.05) is 36.2 Å². The van der Waals surface area contributed by atoms with Gasteiger partial charge in [0.1, 0.15) is 5.01 Å². The van der Waals surface area contributed by atoms with Crippen LogP contribution in [0.4, 0.5) is 0 Å². The number of thiazole rings is 1. The van der Waals surface area contributed by atoms with Crippen LogP contribution in [0.2, 0.25) is 0 Å². The van der Waals surface area contributed by atoms with E-state index in [1.54, 1.807) is 18.4 Å². The Bertz CT molecular complexity index is 835. The molecule has 5 nitrogen and oxygen atoms in total. The van der Waals surface area contributed by atoms with Crippen LogP contribution in [-0.2, 0) is 19.5 Å². The van der Waals surface area contributed by atoms with Crippen molar-refractivity contribution in [2.45, 2.75) is 26.4 Å². The zero-order chi connectivity index (χ0) is 16.8. The highest BCUT2D eigenvalue weighted by Gasteiger charge is 2.05. The second kappa shape index (κ2) is 7.88. The number of hydrogen-bond donors (Lipinski definition) is 2. The summed E-state index contributed by atoms with van der Waals surface area (Å²) in [6.07, 6.45) is 4.82. The number of aliphatic imine (C=N–C) groups is 1. The van der Waals surface area contributed by atoms with Crippen LogP contribution in [0.1, 0.15) is 22.4 Å². The van der Waals surface area contributed by atoms with Crippen molar-refractivity contribution in [3.05, 3.63) is 58.2 Å². The first-order valence-corrected chi connectivity index (χ1v) is 8.82. The minimum Gasteiger partial charge on any atom is -0.352 e. The summed E-state index contributed by atoms with van der Waals surface area (Å²) in [6.45, 7) is 3.52. The number of benzene rings is 1. The quantitative estimate of drug-likeness (QED) is 0.554. The summed E-state index contributed by atoms with van der Waals surface area (Å²) >= 11 is 1.74. The van der Waals surface area contributed by atoms with Crippen molar-refractivity contribution >= 4 is 28.2 Å². The largest absolute Gasteiger partial charge is 0.352 e. The molecule has 0 bridgehead atoms. The average molecular weight is 339 g/mol. The van der Waals surface area contributed by atoms with Crippen LogP contribution in [-0.4, -0.2) is 23.0 Å². The summed E-state index contributed by atoms with van der Waals surface area (Å²) in [5.74, 6) is 0.768. The third kappa shape index (κ3) is 3.89. The zero-order valence-corrected chi connectivity index (χ0v) is 14.7. The van der Waals surface area contributed by atoms with E-state index in [-0.39, 0.29) is 0 Å². The van der Waals surface area contributed by atoms with Crippen LogP contribution in [0.5, 0.6) is 0 Å². The molecule has 3 rings (SSSR count). The molecule has 0 aliphatic rings. The molecule has 0 fully saturated rings. The second-order valence-corrected chi connectivity index (χ2v) is 6.54. The molecule has 2 heterocycles. The summed E-state index contributed by atoms with van der Waals surface area (Å²) in [5.41, 5.74) is 2.21. The highest BCUT2D eigenvalue weighted by Crippen LogP contribution is 2.16. The van der Waals surface area contributed by atoms with E-state index in [9.17, 15) is 0 Å². The molecule has 3 aromatic rings. The fraction of sp³-hybridized carbons (Fsp3) is 0.278. The number of aryl methyl sites for hydroxylation is 1. The smallest absolute Gasteiger partial charge is 0.191 e. The van der Waals surface area contributed by atoms with E-state index < -0.39 is 0 Å². The van der Waals surface area contributed by atoms with E-state index in [1.807, 2.05) is 36.7 Å². The van der Waals surface area contributed by atoms with Crippen LogP contribution < -0.4 is 10.6 Å². The average Bonchev–Trinajstić information content (AvgIpc) is 3.10. The van der Waals surface area contributed by atoms with Gasteiger partial charge in [0.05, 0.1) is 12.1 Å². The van der Waals surface area contributed by atoms with Gasteiger partial charge >= 0.3 is 0 Å². The predicted octanol–water partition coefficient (Wildman–Crippen LogP) is 3.12. The molecule has 0 aliphatic heterocycles. The minimum absolute atomic E-state index is 0.682. The van der Waals surface area contributed by atoms with E-state index in [2.05, 4.69) is 38.6 Å². The monoisotopic (exact) mass is 339 g/mol. The molecule has 0 amide bonds. The van der Waals surface area contributed by atoms with Gasteiger partial charge in [0.25, 0.3) is 0 Å². The molecule has 0 aliphatic carbocycles. The number of aromatic nitrogens is 2. The number of hydrogen-bond acceptors (Lipinski definition) is 4. The predicted molar refractivity (Wildman–Crippen MR) is 100 cm³/mol. The van der Waals surface area contributed by atoms with E-state index in [0.29, 0.717) is 13.1 Å². The Morgan fingerprint density at radius 2 is 1.96 bits per heavy atom. The van der Waals surface area contributed by atoms with Crippen molar-refractivity contribution < 1.29 is 0 Å². The molecule has 0 saturated carbocycles. The maximum atomic E-state index is 4.42. The zero-order valence-electron chi connectivity index (χ0n) is 13.9. The van der Waals surface area contributed by atoms with Gasteiger partial charge < -0.3 is 10.6 Å². The summed E-state index contributed by atoms with van der Waals surface area (Å²) in [4.78, 5) is 14.4. The molecule has 0 atom stereocenters. The second-order valence-electron chi connectivity index (χ2n) is 5.34. The molecule has 0 radical (unpaired) electrons. The third-order valence-corrected chi connectivity index (χ3v) is 4.91. The van der Waals surface area contributed by atoms with Gasteiger partial charge in [-0.1, -0.05) is 25.1 Å². The van der Waals surface area contributed by atoms with Gasteiger partial charge in [-0.15, -0.1) is 11.3 Å². The topological polar surface area (TPSA) is 62.2 Å². The number of nitrogens with zero attached hydrogens (tertiary/aromatic N) is 3. The third-order valence-electron chi connectivity index (χ3n) is 3.77. The van der Waals surface area contributed by atoms with Gasteiger partial charge in [-0.2, -0.15) is 0 Å². The summed E-state index contributed by atoms with van der Waals surface area (Å²) in [6, 6.07) is 10.2. The maximum Gasteiger partial charge on any atom is 0.191 e. The standard InChI is InChI=1S/C18H21N5S/c1-3-14-11-21-17(24-14)12-23-18(19-2)22-10-13-8-9-20-16-7-5-4-6-15(13)16/h4-9,11H,3,10,12H2,1-2H3,(H2,19,22,23). The summed E-state index contributed by atoms with van der Waals surface area (Å²) in [7, 11) is 1.78. The molecule has 2 aromatic heterocycles. The fourth-order valence-corrected chi connectivity index (χ4v) is 3.26. The van der Waals surface area contributed by atoms with Gasteiger partial charge in [-0.05, 0) is 24.1 Å². The van der Waals surface area contributed by atoms with Crippen molar-refractivity contribution in [3.63, 3.8) is 0 Å². The van der Waals surface area contributed by atoms with Crippen molar-refractivity contribution in [2.75, 3.05) is 7.05 Å². The van der Waals surface area contributed by atoms with E-state index in [1.165, 1.54) is 10.4 Å². The molecular weight excluding hydrogens is 318 g/mol. The van der Waals surface area contributed by atoms with Gasteiger partial charge in [-0.3, -0.25) is 9.98 Å². The number of guanidine groups is 1. The number of para-hydroxylation sites is 1. The van der Waals surface area contributed by atoms with Crippen LogP contribution in [0.25, 0.3) is 10.9 Å². The lowest BCUT2D eigenvalue weighted by Gasteiger charge is -2.12. The van der Waals surface area contributed by atoms with Crippen molar-refractivity contribution in [3.8, 4) is 0 Å². The molecule has 2 N–H and O–H groups in total. The van der Waals surface area contributed by atoms with Crippen LogP contribution >= 0.6 is 11.3 Å².